The lowest BCUT2D eigenvalue weighted by molar-refractivity contribution is 0.0636. The second-order valence-electron chi connectivity index (χ2n) is 7.10. The van der Waals surface area contributed by atoms with E-state index in [4.69, 9.17) is 10.5 Å². The van der Waals surface area contributed by atoms with Crippen LogP contribution in [0.2, 0.25) is 0 Å². The summed E-state index contributed by atoms with van der Waals surface area (Å²) in [7, 11) is 0. The van der Waals surface area contributed by atoms with E-state index < -0.39 is 11.7 Å². The Morgan fingerprint density at radius 1 is 0.963 bits per heavy atom. The molecule has 0 saturated heterocycles. The molecule has 3 rings (SSSR count). The number of rotatable bonds is 3. The number of amides is 1. The van der Waals surface area contributed by atoms with Crippen molar-refractivity contribution in [2.45, 2.75) is 26.4 Å². The van der Waals surface area contributed by atoms with Gasteiger partial charge in [0.2, 0.25) is 0 Å². The van der Waals surface area contributed by atoms with Gasteiger partial charge >= 0.3 is 6.09 Å². The second kappa shape index (κ2) is 7.45. The Balaban J connectivity index is 1.78. The number of nitrogens with two attached hydrogens (primary N) is 1. The van der Waals surface area contributed by atoms with Crippen LogP contribution in [0.15, 0.2) is 70.9 Å². The Bertz CT molecular complexity index is 1000. The predicted molar refractivity (Wildman–Crippen MR) is 109 cm³/mol. The number of anilines is 2. The van der Waals surface area contributed by atoms with E-state index in [9.17, 15) is 4.79 Å². The molecule has 27 heavy (non-hydrogen) atoms. The maximum atomic E-state index is 11.8. The van der Waals surface area contributed by atoms with E-state index in [0.717, 1.165) is 16.5 Å². The highest BCUT2D eigenvalue weighted by atomic mass is 16.6. The second-order valence-corrected chi connectivity index (χ2v) is 7.10. The lowest BCUT2D eigenvalue weighted by atomic mass is 10.1. The first-order valence-corrected chi connectivity index (χ1v) is 8.61. The van der Waals surface area contributed by atoms with Crippen molar-refractivity contribution in [2.75, 3.05) is 11.1 Å². The smallest absolute Gasteiger partial charge is 0.412 e. The van der Waals surface area contributed by atoms with Crippen molar-refractivity contribution in [1.82, 2.24) is 0 Å². The van der Waals surface area contributed by atoms with Gasteiger partial charge in [-0.1, -0.05) is 36.4 Å². The number of nitrogen functional groups attached to an aromatic ring is 1. The maximum Gasteiger partial charge on any atom is 0.412 e. The largest absolute Gasteiger partial charge is 0.444 e. The van der Waals surface area contributed by atoms with E-state index in [1.165, 1.54) is 0 Å². The third-order valence-corrected chi connectivity index (χ3v) is 3.70. The number of nitrogens with one attached hydrogen (secondary N) is 1. The van der Waals surface area contributed by atoms with Gasteiger partial charge in [-0.3, -0.25) is 5.32 Å². The van der Waals surface area contributed by atoms with Gasteiger partial charge in [-0.15, -0.1) is 10.2 Å². The average Bonchev–Trinajstić information content (AvgIpc) is 2.59. The molecule has 0 aliphatic heterocycles. The molecule has 0 heterocycles. The molecule has 6 heteroatoms. The molecule has 1 amide bonds. The molecule has 3 N–H and O–H groups in total. The van der Waals surface area contributed by atoms with E-state index in [0.29, 0.717) is 17.1 Å². The molecule has 0 bridgehead atoms. The van der Waals surface area contributed by atoms with Gasteiger partial charge < -0.3 is 10.5 Å². The standard InChI is InChI=1S/C21H22N4O2/c1-21(2,3)27-20(26)23-15-11-12-19(17(22)13-15)25-24-18-10-6-8-14-7-4-5-9-16(14)18/h4-13H,22H2,1-3H3,(H,23,26)/b25-24-. The van der Waals surface area contributed by atoms with Gasteiger partial charge in [0.05, 0.1) is 11.4 Å². The molecule has 0 aliphatic rings. The Morgan fingerprint density at radius 2 is 1.67 bits per heavy atom. The van der Waals surface area contributed by atoms with Crippen LogP contribution < -0.4 is 11.1 Å². The van der Waals surface area contributed by atoms with Crippen molar-refractivity contribution in [2.24, 2.45) is 10.2 Å². The number of carbonyl (C=O) groups excluding carboxylic acids is 1. The fraction of sp³-hybridized carbons (Fsp3) is 0.190. The molecular weight excluding hydrogens is 340 g/mol. The zero-order valence-corrected chi connectivity index (χ0v) is 15.6. The molecule has 0 fully saturated rings. The van der Waals surface area contributed by atoms with Crippen LogP contribution >= 0.6 is 0 Å². The monoisotopic (exact) mass is 362 g/mol. The highest BCUT2D eigenvalue weighted by Gasteiger charge is 2.16. The van der Waals surface area contributed by atoms with Crippen molar-refractivity contribution in [3.8, 4) is 0 Å². The van der Waals surface area contributed by atoms with Gasteiger partial charge in [0.15, 0.2) is 0 Å². The highest BCUT2D eigenvalue weighted by molar-refractivity contribution is 5.92. The first-order chi connectivity index (χ1) is 12.8. The van der Waals surface area contributed by atoms with E-state index in [1.807, 2.05) is 42.5 Å². The zero-order chi connectivity index (χ0) is 19.4. The predicted octanol–water partition coefficient (Wildman–Crippen LogP) is 6.18. The van der Waals surface area contributed by atoms with Crippen molar-refractivity contribution in [1.29, 1.82) is 0 Å². The van der Waals surface area contributed by atoms with Crippen LogP contribution in [0.25, 0.3) is 10.8 Å². The summed E-state index contributed by atoms with van der Waals surface area (Å²) in [5.41, 5.74) is 7.72. The number of carbonyl (C=O) groups is 1. The fourth-order valence-corrected chi connectivity index (χ4v) is 2.55. The van der Waals surface area contributed by atoms with Gasteiger partial charge in [0.1, 0.15) is 11.3 Å². The summed E-state index contributed by atoms with van der Waals surface area (Å²) in [5.74, 6) is 0. The number of fused-ring (bicyclic) bond motifs is 1. The summed E-state index contributed by atoms with van der Waals surface area (Å²) >= 11 is 0. The van der Waals surface area contributed by atoms with Gasteiger partial charge in [0, 0.05) is 11.1 Å². The minimum atomic E-state index is -0.567. The lowest BCUT2D eigenvalue weighted by Gasteiger charge is -2.19. The Hall–Kier alpha value is -3.41. The molecule has 0 aromatic heterocycles. The zero-order valence-electron chi connectivity index (χ0n) is 15.6. The third-order valence-electron chi connectivity index (χ3n) is 3.70. The van der Waals surface area contributed by atoms with E-state index in [1.54, 1.807) is 39.0 Å². The number of nitrogens with zero attached hydrogens (tertiary/aromatic N) is 2. The van der Waals surface area contributed by atoms with Gasteiger partial charge in [-0.05, 0) is 50.4 Å². The average molecular weight is 362 g/mol. The number of hydrogen-bond acceptors (Lipinski definition) is 5. The van der Waals surface area contributed by atoms with Crippen LogP contribution in [0.4, 0.5) is 27.5 Å². The minimum absolute atomic E-state index is 0.410. The van der Waals surface area contributed by atoms with Crippen LogP contribution in [-0.4, -0.2) is 11.7 Å². The molecule has 138 valence electrons. The molecular formula is C21H22N4O2. The van der Waals surface area contributed by atoms with Gasteiger partial charge in [-0.2, -0.15) is 0 Å². The van der Waals surface area contributed by atoms with Crippen LogP contribution in [0.3, 0.4) is 0 Å². The summed E-state index contributed by atoms with van der Waals surface area (Å²) in [6.45, 7) is 5.41. The topological polar surface area (TPSA) is 89.1 Å². The molecule has 6 nitrogen and oxygen atoms in total. The van der Waals surface area contributed by atoms with E-state index in [-0.39, 0.29) is 0 Å². The quantitative estimate of drug-likeness (QED) is 0.430. The number of hydrogen-bond donors (Lipinski definition) is 2. The first-order valence-electron chi connectivity index (χ1n) is 8.61. The number of ether oxygens (including phenoxy) is 1. The maximum absolute atomic E-state index is 11.8. The summed E-state index contributed by atoms with van der Waals surface area (Å²) in [6, 6.07) is 18.9. The van der Waals surface area contributed by atoms with E-state index >= 15 is 0 Å². The summed E-state index contributed by atoms with van der Waals surface area (Å²) in [5, 5.41) is 13.4. The SMILES string of the molecule is CC(C)(C)OC(=O)Nc1ccc(/N=N\c2cccc3ccccc23)c(N)c1. The van der Waals surface area contributed by atoms with Crippen molar-refractivity contribution in [3.63, 3.8) is 0 Å². The normalized spacial score (nSPS) is 11.7. The summed E-state index contributed by atoms with van der Waals surface area (Å²) in [4.78, 5) is 11.8. The molecule has 0 aliphatic carbocycles. The lowest BCUT2D eigenvalue weighted by Crippen LogP contribution is -2.27. The molecule has 3 aromatic rings. The Labute approximate surface area is 158 Å². The van der Waals surface area contributed by atoms with Crippen LogP contribution in [0, 0.1) is 0 Å². The Kier molecular flexibility index (Phi) is 5.07. The summed E-state index contributed by atoms with van der Waals surface area (Å²) in [6.07, 6.45) is -0.535. The molecule has 3 aromatic carbocycles. The van der Waals surface area contributed by atoms with Crippen molar-refractivity contribution < 1.29 is 9.53 Å². The molecule has 0 spiro atoms. The highest BCUT2D eigenvalue weighted by Crippen LogP contribution is 2.30. The molecule has 0 saturated carbocycles. The van der Waals surface area contributed by atoms with Crippen LogP contribution in [0.5, 0.6) is 0 Å². The van der Waals surface area contributed by atoms with Crippen molar-refractivity contribution >= 4 is 39.6 Å². The summed E-state index contributed by atoms with van der Waals surface area (Å²) < 4.78 is 5.23. The van der Waals surface area contributed by atoms with Gasteiger partial charge in [-0.25, -0.2) is 4.79 Å². The van der Waals surface area contributed by atoms with Crippen molar-refractivity contribution in [3.05, 3.63) is 60.7 Å². The fourth-order valence-electron chi connectivity index (χ4n) is 2.55. The van der Waals surface area contributed by atoms with Crippen LogP contribution in [-0.2, 0) is 4.74 Å². The third kappa shape index (κ3) is 4.82. The molecule has 0 unspecified atom stereocenters. The van der Waals surface area contributed by atoms with Gasteiger partial charge in [0.25, 0.3) is 0 Å². The molecule has 0 radical (unpaired) electrons. The number of benzene rings is 3. The number of azo groups is 1. The Morgan fingerprint density at radius 3 is 2.41 bits per heavy atom. The minimum Gasteiger partial charge on any atom is -0.444 e. The first kappa shape index (κ1) is 18.4. The van der Waals surface area contributed by atoms with Crippen LogP contribution in [0.1, 0.15) is 20.8 Å². The molecule has 0 atom stereocenters. The van der Waals surface area contributed by atoms with E-state index in [2.05, 4.69) is 15.5 Å².